The molecule has 0 bridgehead atoms. The molecule has 0 aliphatic rings. The minimum absolute atomic E-state index is 0.617. The summed E-state index contributed by atoms with van der Waals surface area (Å²) in [6.45, 7) is 8.92. The molecule has 7 aromatic rings. The van der Waals surface area contributed by atoms with Crippen LogP contribution in [0.4, 0.5) is 0 Å². The maximum atomic E-state index is 6.52. The van der Waals surface area contributed by atoms with Crippen LogP contribution in [0.2, 0.25) is 0 Å². The van der Waals surface area contributed by atoms with Crippen molar-refractivity contribution in [1.29, 1.82) is 0 Å². The van der Waals surface area contributed by atoms with Crippen LogP contribution in [-0.2, 0) is 13.5 Å². The lowest BCUT2D eigenvalue weighted by Crippen LogP contribution is -2.30. The van der Waals surface area contributed by atoms with Crippen LogP contribution >= 0.6 is 0 Å². The molecule has 3 aromatic heterocycles. The third kappa shape index (κ3) is 3.23. The Morgan fingerprint density at radius 3 is 2.27 bits per heavy atom. The van der Waals surface area contributed by atoms with Gasteiger partial charge in [0.05, 0.1) is 10.9 Å². The molecule has 3 heteroatoms. The summed E-state index contributed by atoms with van der Waals surface area (Å²) in [5, 5.41) is 6.96. The Hall–Kier alpha value is -4.11. The second-order valence-corrected chi connectivity index (χ2v) is 10.9. The van der Waals surface area contributed by atoms with Crippen LogP contribution in [0.5, 0.6) is 0 Å². The van der Waals surface area contributed by atoms with E-state index in [0.29, 0.717) is 5.92 Å². The molecule has 0 atom stereocenters. The highest BCUT2D eigenvalue weighted by molar-refractivity contribution is 6.18. The monoisotopic (exact) mass is 484 g/mol. The van der Waals surface area contributed by atoms with E-state index in [4.69, 9.17) is 8.83 Å². The number of rotatable bonds is 3. The third-order valence-electron chi connectivity index (χ3n) is 7.88. The zero-order valence-electron chi connectivity index (χ0n) is 22.0. The average Bonchev–Trinajstić information content (AvgIpc) is 3.43. The highest BCUT2D eigenvalue weighted by atomic mass is 16.3. The predicted octanol–water partition coefficient (Wildman–Crippen LogP) is 8.95. The normalized spacial score (nSPS) is 12.3. The maximum absolute atomic E-state index is 6.52. The summed E-state index contributed by atoms with van der Waals surface area (Å²) >= 11 is 0. The lowest BCUT2D eigenvalue weighted by Gasteiger charge is -2.11. The van der Waals surface area contributed by atoms with Gasteiger partial charge in [0.25, 0.3) is 0 Å². The van der Waals surface area contributed by atoms with Gasteiger partial charge in [0, 0.05) is 33.0 Å². The highest BCUT2D eigenvalue weighted by Gasteiger charge is 2.26. The number of pyridine rings is 1. The van der Waals surface area contributed by atoms with Crippen LogP contribution in [0, 0.1) is 19.8 Å². The number of furan rings is 2. The Morgan fingerprint density at radius 1 is 0.703 bits per heavy atom. The van der Waals surface area contributed by atoms with Crippen molar-refractivity contribution in [2.45, 2.75) is 34.1 Å². The third-order valence-corrected chi connectivity index (χ3v) is 7.88. The van der Waals surface area contributed by atoms with Gasteiger partial charge in [0.1, 0.15) is 29.4 Å². The Kier molecular flexibility index (Phi) is 4.75. The van der Waals surface area contributed by atoms with Crippen LogP contribution in [0.25, 0.3) is 65.9 Å². The first-order valence-corrected chi connectivity index (χ1v) is 13.1. The second-order valence-electron chi connectivity index (χ2n) is 10.9. The van der Waals surface area contributed by atoms with Gasteiger partial charge in [-0.2, -0.15) is 0 Å². The smallest absolute Gasteiger partial charge is 0.224 e. The van der Waals surface area contributed by atoms with E-state index in [1.165, 1.54) is 27.5 Å². The first kappa shape index (κ1) is 22.1. The minimum atomic E-state index is 0.617. The minimum Gasteiger partial charge on any atom is -0.455 e. The van der Waals surface area contributed by atoms with Crippen molar-refractivity contribution in [3.63, 3.8) is 0 Å². The standard InChI is InChI=1S/C34H30NO2/c1-19(2)16-22-10-13-30-27(18-22)25-12-11-24-26(33(25)36-30)14-15-35(5)32(24)31-21(4)20(3)17-28-23-8-6-7-9-29(23)37-34(28)31/h6-15,17-19H,16H2,1-5H3/q+1. The molecule has 0 saturated heterocycles. The van der Waals surface area contributed by atoms with Crippen molar-refractivity contribution in [1.82, 2.24) is 0 Å². The SMILES string of the molecule is Cc1cc2c(oc3ccccc32)c(-c2c3ccc4c5cc(CC(C)C)ccc5oc4c3cc[n+]2C)c1C. The Morgan fingerprint density at radius 2 is 1.43 bits per heavy atom. The summed E-state index contributed by atoms with van der Waals surface area (Å²) in [6, 6.07) is 23.9. The zero-order chi connectivity index (χ0) is 25.4. The van der Waals surface area contributed by atoms with Crippen LogP contribution < -0.4 is 4.57 Å². The van der Waals surface area contributed by atoms with Crippen molar-refractivity contribution < 1.29 is 13.4 Å². The number of benzene rings is 4. The number of aromatic nitrogens is 1. The highest BCUT2D eigenvalue weighted by Crippen LogP contribution is 2.42. The van der Waals surface area contributed by atoms with E-state index in [-0.39, 0.29) is 0 Å². The molecule has 7 rings (SSSR count). The van der Waals surface area contributed by atoms with E-state index in [9.17, 15) is 0 Å². The van der Waals surface area contributed by atoms with Crippen molar-refractivity contribution in [3.05, 3.63) is 89.6 Å². The molecule has 0 N–H and O–H groups in total. The lowest BCUT2D eigenvalue weighted by atomic mass is 9.93. The largest absolute Gasteiger partial charge is 0.455 e. The van der Waals surface area contributed by atoms with Crippen molar-refractivity contribution >= 4 is 54.6 Å². The van der Waals surface area contributed by atoms with Gasteiger partial charge < -0.3 is 8.83 Å². The summed E-state index contributed by atoms with van der Waals surface area (Å²) in [4.78, 5) is 0. The number of nitrogens with zero attached hydrogens (tertiary/aromatic N) is 1. The Balaban J connectivity index is 1.57. The number of aryl methyl sites for hydroxylation is 2. The fraction of sp³-hybridized carbons (Fsp3) is 0.206. The molecule has 0 aliphatic heterocycles. The number of hydrogen-bond donors (Lipinski definition) is 0. The van der Waals surface area contributed by atoms with E-state index in [0.717, 1.165) is 61.6 Å². The predicted molar refractivity (Wildman–Crippen MR) is 153 cm³/mol. The molecule has 0 unspecified atom stereocenters. The number of fused-ring (bicyclic) bond motifs is 8. The fourth-order valence-electron chi connectivity index (χ4n) is 6.01. The molecule has 0 spiro atoms. The van der Waals surface area contributed by atoms with Crippen molar-refractivity contribution in [2.24, 2.45) is 13.0 Å². The van der Waals surface area contributed by atoms with Gasteiger partial charge in [-0.15, -0.1) is 0 Å². The van der Waals surface area contributed by atoms with Gasteiger partial charge in [-0.1, -0.05) is 38.1 Å². The van der Waals surface area contributed by atoms with Crippen molar-refractivity contribution in [3.8, 4) is 11.3 Å². The number of hydrogen-bond acceptors (Lipinski definition) is 2. The zero-order valence-corrected chi connectivity index (χ0v) is 22.0. The average molecular weight is 485 g/mol. The quantitative estimate of drug-likeness (QED) is 0.234. The molecule has 182 valence electrons. The van der Waals surface area contributed by atoms with Crippen LogP contribution in [0.15, 0.2) is 81.8 Å². The van der Waals surface area contributed by atoms with Crippen LogP contribution in [0.3, 0.4) is 0 Å². The van der Waals surface area contributed by atoms with Gasteiger partial charge in [-0.05, 0) is 79.3 Å². The van der Waals surface area contributed by atoms with Gasteiger partial charge in [0.15, 0.2) is 6.20 Å². The molecule has 0 fully saturated rings. The van der Waals surface area contributed by atoms with Gasteiger partial charge in [0.2, 0.25) is 5.69 Å². The Labute approximate surface area is 215 Å². The maximum Gasteiger partial charge on any atom is 0.224 e. The molecular weight excluding hydrogens is 454 g/mol. The molecular formula is C34H30NO2+. The molecule has 3 nitrogen and oxygen atoms in total. The molecule has 0 amide bonds. The van der Waals surface area contributed by atoms with E-state index < -0.39 is 0 Å². The van der Waals surface area contributed by atoms with E-state index >= 15 is 0 Å². The number of para-hydroxylation sites is 1. The first-order valence-electron chi connectivity index (χ1n) is 13.1. The Bertz CT molecular complexity index is 2020. The second kappa shape index (κ2) is 7.94. The van der Waals surface area contributed by atoms with Gasteiger partial charge in [-0.25, -0.2) is 4.57 Å². The van der Waals surface area contributed by atoms with Crippen molar-refractivity contribution in [2.75, 3.05) is 0 Å². The van der Waals surface area contributed by atoms with E-state index in [2.05, 4.69) is 106 Å². The molecule has 0 radical (unpaired) electrons. The van der Waals surface area contributed by atoms with Gasteiger partial charge in [-0.3, -0.25) is 0 Å². The fourth-order valence-corrected chi connectivity index (χ4v) is 6.01. The summed E-state index contributed by atoms with van der Waals surface area (Å²) in [5.74, 6) is 0.617. The van der Waals surface area contributed by atoms with Gasteiger partial charge >= 0.3 is 0 Å². The summed E-state index contributed by atoms with van der Waals surface area (Å²) < 4.78 is 15.2. The molecule has 37 heavy (non-hydrogen) atoms. The summed E-state index contributed by atoms with van der Waals surface area (Å²) in [5.41, 5.74) is 9.89. The van der Waals surface area contributed by atoms with Crippen LogP contribution in [0.1, 0.15) is 30.5 Å². The molecule has 0 aliphatic carbocycles. The summed E-state index contributed by atoms with van der Waals surface area (Å²) in [6.07, 6.45) is 3.21. The first-order chi connectivity index (χ1) is 17.9. The lowest BCUT2D eigenvalue weighted by molar-refractivity contribution is -0.659. The van der Waals surface area contributed by atoms with E-state index in [1.807, 2.05) is 6.07 Å². The molecule has 0 saturated carbocycles. The molecule has 3 heterocycles. The molecule has 4 aromatic carbocycles. The summed E-state index contributed by atoms with van der Waals surface area (Å²) in [7, 11) is 2.12. The topological polar surface area (TPSA) is 30.2 Å². The van der Waals surface area contributed by atoms with Crippen LogP contribution in [-0.4, -0.2) is 0 Å². The van der Waals surface area contributed by atoms with E-state index in [1.54, 1.807) is 0 Å².